The molecule has 0 bridgehead atoms. The van der Waals surface area contributed by atoms with E-state index in [1.807, 2.05) is 0 Å². The van der Waals surface area contributed by atoms with Gasteiger partial charge in [-0.25, -0.2) is 18.2 Å². The van der Waals surface area contributed by atoms with E-state index in [2.05, 4.69) is 15.0 Å². The van der Waals surface area contributed by atoms with Gasteiger partial charge in [-0.3, -0.25) is 9.52 Å². The van der Waals surface area contributed by atoms with Crippen LogP contribution in [0.5, 0.6) is 0 Å². The monoisotopic (exact) mass is 397 g/mol. The van der Waals surface area contributed by atoms with Crippen molar-refractivity contribution in [1.82, 2.24) is 4.98 Å². The summed E-state index contributed by atoms with van der Waals surface area (Å²) in [4.78, 5) is 28.3. The molecule has 26 heavy (non-hydrogen) atoms. The number of halogens is 1. The SMILES string of the molecule is C[C@H](OC(=O)c1ccccc1NS(C)(=O)=O)C(=O)Nc1cccnc1Cl. The highest BCUT2D eigenvalue weighted by Gasteiger charge is 2.22. The molecule has 0 aliphatic heterocycles. The Morgan fingerprint density at radius 2 is 1.81 bits per heavy atom. The lowest BCUT2D eigenvalue weighted by Gasteiger charge is -2.15. The highest BCUT2D eigenvalue weighted by molar-refractivity contribution is 7.92. The molecule has 1 atom stereocenters. The third-order valence-corrected chi connectivity index (χ3v) is 4.00. The number of hydrogen-bond donors (Lipinski definition) is 2. The number of benzene rings is 1. The lowest BCUT2D eigenvalue weighted by molar-refractivity contribution is -0.123. The van der Waals surface area contributed by atoms with Crippen molar-refractivity contribution in [3.05, 3.63) is 53.3 Å². The maximum Gasteiger partial charge on any atom is 0.341 e. The summed E-state index contributed by atoms with van der Waals surface area (Å²) in [5, 5.41) is 2.60. The Hall–Kier alpha value is -2.65. The van der Waals surface area contributed by atoms with Crippen LogP contribution in [0.1, 0.15) is 17.3 Å². The van der Waals surface area contributed by atoms with Crippen molar-refractivity contribution in [1.29, 1.82) is 0 Å². The first-order valence-electron chi connectivity index (χ1n) is 7.36. The van der Waals surface area contributed by atoms with Crippen LogP contribution in [-0.4, -0.2) is 37.6 Å². The molecular formula is C16H16ClN3O5S. The fourth-order valence-electron chi connectivity index (χ4n) is 1.94. The van der Waals surface area contributed by atoms with Crippen LogP contribution in [0.3, 0.4) is 0 Å². The minimum absolute atomic E-state index is 0.0167. The Bertz CT molecular complexity index is 933. The van der Waals surface area contributed by atoms with Gasteiger partial charge in [-0.2, -0.15) is 0 Å². The van der Waals surface area contributed by atoms with E-state index in [1.54, 1.807) is 24.3 Å². The van der Waals surface area contributed by atoms with Gasteiger partial charge in [0.15, 0.2) is 11.3 Å². The average Bonchev–Trinajstić information content (AvgIpc) is 2.55. The molecule has 1 aromatic heterocycles. The highest BCUT2D eigenvalue weighted by atomic mass is 35.5. The standard InChI is InChI=1S/C16H16ClN3O5S/c1-10(15(21)19-13-8-5-9-18-14(13)17)25-16(22)11-6-3-4-7-12(11)20-26(2,23)24/h3-10,20H,1-2H3,(H,19,21)/t10-/m0/s1. The summed E-state index contributed by atoms with van der Waals surface area (Å²) >= 11 is 5.86. The zero-order valence-corrected chi connectivity index (χ0v) is 15.5. The predicted octanol–water partition coefficient (Wildman–Crippen LogP) is 2.29. The first-order chi connectivity index (χ1) is 12.2. The molecule has 0 aliphatic rings. The Morgan fingerprint density at radius 1 is 1.15 bits per heavy atom. The van der Waals surface area contributed by atoms with Crippen molar-refractivity contribution >= 4 is 44.9 Å². The van der Waals surface area contributed by atoms with E-state index >= 15 is 0 Å². The second-order valence-electron chi connectivity index (χ2n) is 5.30. The van der Waals surface area contributed by atoms with Gasteiger partial charge in [-0.15, -0.1) is 0 Å². The summed E-state index contributed by atoms with van der Waals surface area (Å²) in [5.41, 5.74) is 0.320. The number of amides is 1. The molecule has 138 valence electrons. The number of aromatic nitrogens is 1. The quantitative estimate of drug-likeness (QED) is 0.571. The summed E-state index contributed by atoms with van der Waals surface area (Å²) in [5.74, 6) is -1.46. The molecule has 2 rings (SSSR count). The lowest BCUT2D eigenvalue weighted by atomic mass is 10.2. The van der Waals surface area contributed by atoms with Crippen LogP contribution < -0.4 is 10.0 Å². The summed E-state index contributed by atoms with van der Waals surface area (Å²) in [6.45, 7) is 1.38. The summed E-state index contributed by atoms with van der Waals surface area (Å²) in [6.07, 6.45) is 1.28. The first kappa shape index (κ1) is 19.7. The lowest BCUT2D eigenvalue weighted by Crippen LogP contribution is -2.30. The van der Waals surface area contributed by atoms with Gasteiger partial charge >= 0.3 is 5.97 Å². The van der Waals surface area contributed by atoms with Crippen LogP contribution in [0.25, 0.3) is 0 Å². The molecule has 0 radical (unpaired) electrons. The molecule has 0 aliphatic carbocycles. The van der Waals surface area contributed by atoms with Crippen LogP contribution in [0.4, 0.5) is 11.4 Å². The maximum absolute atomic E-state index is 12.3. The van der Waals surface area contributed by atoms with Gasteiger partial charge in [-0.1, -0.05) is 23.7 Å². The van der Waals surface area contributed by atoms with Crippen molar-refractivity contribution in [2.45, 2.75) is 13.0 Å². The Morgan fingerprint density at radius 3 is 2.46 bits per heavy atom. The number of anilines is 2. The van der Waals surface area contributed by atoms with Crippen LogP contribution >= 0.6 is 11.6 Å². The Balaban J connectivity index is 2.10. The van der Waals surface area contributed by atoms with E-state index in [0.29, 0.717) is 0 Å². The molecule has 1 heterocycles. The molecule has 10 heteroatoms. The second-order valence-corrected chi connectivity index (χ2v) is 7.40. The van der Waals surface area contributed by atoms with Crippen molar-refractivity contribution in [3.63, 3.8) is 0 Å². The molecule has 2 N–H and O–H groups in total. The molecule has 0 saturated heterocycles. The number of carbonyl (C=O) groups is 2. The van der Waals surface area contributed by atoms with Gasteiger partial charge in [0, 0.05) is 6.20 Å². The Labute approximate surface area is 155 Å². The number of carbonyl (C=O) groups excluding carboxylic acids is 2. The molecule has 0 saturated carbocycles. The van der Waals surface area contributed by atoms with Gasteiger partial charge in [0.2, 0.25) is 10.0 Å². The molecule has 0 spiro atoms. The second kappa shape index (κ2) is 8.15. The number of sulfonamides is 1. The molecular weight excluding hydrogens is 382 g/mol. The highest BCUT2D eigenvalue weighted by Crippen LogP contribution is 2.20. The summed E-state index contributed by atoms with van der Waals surface area (Å²) in [7, 11) is -3.58. The molecule has 0 fully saturated rings. The molecule has 0 unspecified atom stereocenters. The molecule has 1 amide bonds. The number of para-hydroxylation sites is 1. The minimum atomic E-state index is -3.58. The molecule has 2 aromatic rings. The number of nitrogens with zero attached hydrogens (tertiary/aromatic N) is 1. The zero-order chi connectivity index (χ0) is 19.3. The maximum atomic E-state index is 12.3. The minimum Gasteiger partial charge on any atom is -0.449 e. The number of rotatable bonds is 6. The number of nitrogens with one attached hydrogen (secondary N) is 2. The van der Waals surface area contributed by atoms with Gasteiger partial charge in [-0.05, 0) is 31.2 Å². The first-order valence-corrected chi connectivity index (χ1v) is 9.63. The summed E-state index contributed by atoms with van der Waals surface area (Å²) < 4.78 is 30.1. The van der Waals surface area contributed by atoms with E-state index in [9.17, 15) is 18.0 Å². The van der Waals surface area contributed by atoms with Gasteiger partial charge in [0.25, 0.3) is 5.91 Å². The van der Waals surface area contributed by atoms with Crippen LogP contribution in [0.2, 0.25) is 5.15 Å². The van der Waals surface area contributed by atoms with Gasteiger partial charge in [0.05, 0.1) is 23.2 Å². The van der Waals surface area contributed by atoms with Gasteiger partial charge < -0.3 is 10.1 Å². The predicted molar refractivity (Wildman–Crippen MR) is 97.7 cm³/mol. The third kappa shape index (κ3) is 5.43. The number of esters is 1. The Kier molecular flexibility index (Phi) is 6.17. The van der Waals surface area contributed by atoms with E-state index < -0.39 is 28.0 Å². The zero-order valence-electron chi connectivity index (χ0n) is 13.9. The molecule has 1 aromatic carbocycles. The summed E-state index contributed by atoms with van der Waals surface area (Å²) in [6, 6.07) is 9.05. The van der Waals surface area contributed by atoms with E-state index in [0.717, 1.165) is 6.26 Å². The van der Waals surface area contributed by atoms with E-state index in [4.69, 9.17) is 16.3 Å². The van der Waals surface area contributed by atoms with Crippen molar-refractivity contribution in [3.8, 4) is 0 Å². The van der Waals surface area contributed by atoms with Crippen LogP contribution in [0.15, 0.2) is 42.6 Å². The third-order valence-electron chi connectivity index (χ3n) is 3.11. The van der Waals surface area contributed by atoms with Gasteiger partial charge in [0.1, 0.15) is 0 Å². The van der Waals surface area contributed by atoms with Crippen molar-refractivity contribution < 1.29 is 22.7 Å². The fourth-order valence-corrected chi connectivity index (χ4v) is 2.69. The largest absolute Gasteiger partial charge is 0.449 e. The number of hydrogen-bond acceptors (Lipinski definition) is 6. The van der Waals surface area contributed by atoms with Crippen molar-refractivity contribution in [2.24, 2.45) is 0 Å². The van der Waals surface area contributed by atoms with Crippen LogP contribution in [-0.2, 0) is 19.6 Å². The fraction of sp³-hybridized carbons (Fsp3) is 0.188. The number of pyridine rings is 1. The van der Waals surface area contributed by atoms with Crippen molar-refractivity contribution in [2.75, 3.05) is 16.3 Å². The topological polar surface area (TPSA) is 114 Å². The number of ether oxygens (including phenoxy) is 1. The normalized spacial score (nSPS) is 12.1. The smallest absolute Gasteiger partial charge is 0.341 e. The van der Waals surface area contributed by atoms with E-state index in [1.165, 1.54) is 25.3 Å². The van der Waals surface area contributed by atoms with Crippen LogP contribution in [0, 0.1) is 0 Å². The van der Waals surface area contributed by atoms with E-state index in [-0.39, 0.29) is 22.1 Å². The molecule has 8 nitrogen and oxygen atoms in total. The average molecular weight is 398 g/mol.